The monoisotopic (exact) mass is 462 g/mol. The molecule has 1 N–H and O–H groups in total. The lowest BCUT2D eigenvalue weighted by molar-refractivity contribution is -0.198. The molecule has 2 fully saturated rings. The highest BCUT2D eigenvalue weighted by atomic mass is 16.7. The summed E-state index contributed by atoms with van der Waals surface area (Å²) in [6.45, 7) is 0.687. The molecule has 0 bridgehead atoms. The fourth-order valence-electron chi connectivity index (χ4n) is 4.97. The largest absolute Gasteiger partial charge is 0.469 e. The van der Waals surface area contributed by atoms with E-state index in [2.05, 4.69) is 4.74 Å². The highest BCUT2D eigenvalue weighted by molar-refractivity contribution is 5.89. The molecule has 5 atom stereocenters. The molecule has 33 heavy (non-hydrogen) atoms. The van der Waals surface area contributed by atoms with Crippen molar-refractivity contribution in [1.82, 2.24) is 0 Å². The van der Waals surface area contributed by atoms with Gasteiger partial charge in [0.15, 0.2) is 6.29 Å². The summed E-state index contributed by atoms with van der Waals surface area (Å²) in [6.07, 6.45) is 7.71. The number of carbonyl (C=O) groups is 2. The summed E-state index contributed by atoms with van der Waals surface area (Å²) in [6, 6.07) is 9.01. The molecule has 0 radical (unpaired) electrons. The van der Waals surface area contributed by atoms with Crippen molar-refractivity contribution in [3.63, 3.8) is 0 Å². The summed E-state index contributed by atoms with van der Waals surface area (Å²) in [7, 11) is 1.41. The second-order valence-electron chi connectivity index (χ2n) is 9.06. The van der Waals surface area contributed by atoms with Crippen molar-refractivity contribution in [3.8, 4) is 0 Å². The number of hydrogen-bond donors (Lipinski definition) is 1. The Bertz CT molecular complexity index is 717. The Balaban J connectivity index is 1.59. The normalized spacial score (nSPS) is 27.3. The van der Waals surface area contributed by atoms with E-state index in [0.29, 0.717) is 25.0 Å². The Morgan fingerprint density at radius 2 is 1.82 bits per heavy atom. The minimum absolute atomic E-state index is 0.0101. The molecule has 0 spiro atoms. The van der Waals surface area contributed by atoms with E-state index >= 15 is 0 Å². The number of ether oxygens (including phenoxy) is 4. The number of methoxy groups -OCH3 is 1. The molecule has 1 aromatic rings. The highest BCUT2D eigenvalue weighted by Gasteiger charge is 2.46. The smallest absolute Gasteiger partial charge is 0.338 e. The van der Waals surface area contributed by atoms with E-state index in [1.54, 1.807) is 12.1 Å². The van der Waals surface area contributed by atoms with Gasteiger partial charge in [-0.3, -0.25) is 4.79 Å². The molecule has 7 nitrogen and oxygen atoms in total. The maximum atomic E-state index is 12.8. The van der Waals surface area contributed by atoms with Gasteiger partial charge in [0, 0.05) is 37.9 Å². The first kappa shape index (κ1) is 25.7. The zero-order chi connectivity index (χ0) is 23.5. The molecule has 3 rings (SSSR count). The van der Waals surface area contributed by atoms with E-state index in [-0.39, 0.29) is 48.9 Å². The molecule has 0 amide bonds. The minimum Gasteiger partial charge on any atom is -0.469 e. The van der Waals surface area contributed by atoms with Gasteiger partial charge in [-0.2, -0.15) is 0 Å². The van der Waals surface area contributed by atoms with Gasteiger partial charge in [0.1, 0.15) is 6.10 Å². The zero-order valence-corrected chi connectivity index (χ0v) is 19.7. The third-order valence-corrected chi connectivity index (χ3v) is 6.81. The fraction of sp³-hybridized carbons (Fsp3) is 0.692. The second kappa shape index (κ2) is 13.7. The Morgan fingerprint density at radius 3 is 2.52 bits per heavy atom. The molecule has 7 heteroatoms. The van der Waals surface area contributed by atoms with Crippen LogP contribution in [0.15, 0.2) is 30.3 Å². The Labute approximate surface area is 196 Å². The van der Waals surface area contributed by atoms with Gasteiger partial charge in [-0.15, -0.1) is 0 Å². The fourth-order valence-corrected chi connectivity index (χ4v) is 4.97. The Kier molecular flexibility index (Phi) is 10.6. The number of esters is 2. The van der Waals surface area contributed by atoms with E-state index < -0.39 is 0 Å². The minimum atomic E-state index is -0.338. The summed E-state index contributed by atoms with van der Waals surface area (Å²) >= 11 is 0. The van der Waals surface area contributed by atoms with Crippen LogP contribution in [0.25, 0.3) is 0 Å². The van der Waals surface area contributed by atoms with E-state index in [1.807, 2.05) is 18.2 Å². The summed E-state index contributed by atoms with van der Waals surface area (Å²) in [5.74, 6) is -0.588. The van der Waals surface area contributed by atoms with Crippen molar-refractivity contribution in [2.75, 3.05) is 20.3 Å². The molecule has 1 aliphatic heterocycles. The van der Waals surface area contributed by atoms with Gasteiger partial charge >= 0.3 is 11.9 Å². The predicted molar refractivity (Wildman–Crippen MR) is 123 cm³/mol. The van der Waals surface area contributed by atoms with Crippen LogP contribution in [-0.2, 0) is 23.7 Å². The van der Waals surface area contributed by atoms with Crippen molar-refractivity contribution in [2.24, 2.45) is 11.8 Å². The third-order valence-electron chi connectivity index (χ3n) is 6.81. The number of hydrogen-bond acceptors (Lipinski definition) is 7. The number of aliphatic hydroxyl groups is 1. The third kappa shape index (κ3) is 7.80. The van der Waals surface area contributed by atoms with Crippen LogP contribution in [0.3, 0.4) is 0 Å². The molecular weight excluding hydrogens is 424 g/mol. The number of carbonyl (C=O) groups excluding carboxylic acids is 2. The van der Waals surface area contributed by atoms with Gasteiger partial charge in [0.2, 0.25) is 0 Å². The van der Waals surface area contributed by atoms with E-state index in [9.17, 15) is 14.7 Å². The van der Waals surface area contributed by atoms with Crippen LogP contribution in [0.4, 0.5) is 0 Å². The first-order valence-corrected chi connectivity index (χ1v) is 12.3. The number of benzene rings is 1. The van der Waals surface area contributed by atoms with Crippen LogP contribution in [0.5, 0.6) is 0 Å². The maximum absolute atomic E-state index is 12.8. The Hall–Kier alpha value is -1.96. The SMILES string of the molecule is COC(=O)CCCCCC[C@@H]1[C@@H](CO)[C@H](OC2CCCCO2)C[C@@H]1OC(=O)c1ccccc1. The quantitative estimate of drug-likeness (QED) is 0.366. The topological polar surface area (TPSA) is 91.3 Å². The van der Waals surface area contributed by atoms with Gasteiger partial charge in [0.05, 0.1) is 18.8 Å². The molecule has 1 heterocycles. The van der Waals surface area contributed by atoms with Crippen molar-refractivity contribution in [1.29, 1.82) is 0 Å². The number of aliphatic hydroxyl groups excluding tert-OH is 1. The van der Waals surface area contributed by atoms with E-state index in [1.165, 1.54) is 7.11 Å². The van der Waals surface area contributed by atoms with Crippen LogP contribution in [0, 0.1) is 11.8 Å². The van der Waals surface area contributed by atoms with Crippen molar-refractivity contribution >= 4 is 11.9 Å². The van der Waals surface area contributed by atoms with E-state index in [0.717, 1.165) is 51.4 Å². The summed E-state index contributed by atoms with van der Waals surface area (Å²) in [5, 5.41) is 10.2. The standard InChI is InChI=1S/C26H38O7/c1-30-24(28)14-8-3-2-7-13-20-21(18-27)23(32-25-15-9-10-16-31-25)17-22(20)33-26(29)19-11-5-4-6-12-19/h4-6,11-12,20-23,25,27H,2-3,7-10,13-18H2,1H3/t20-,21-,22+,23-,25?/m1/s1. The number of rotatable bonds is 12. The molecule has 1 aliphatic carbocycles. The second-order valence-corrected chi connectivity index (χ2v) is 9.06. The average molecular weight is 463 g/mol. The van der Waals surface area contributed by atoms with Gasteiger partial charge < -0.3 is 24.1 Å². The summed E-state index contributed by atoms with van der Waals surface area (Å²) in [4.78, 5) is 24.0. The van der Waals surface area contributed by atoms with Crippen LogP contribution in [0.2, 0.25) is 0 Å². The van der Waals surface area contributed by atoms with Gasteiger partial charge in [-0.05, 0) is 44.2 Å². The van der Waals surface area contributed by atoms with E-state index in [4.69, 9.17) is 14.2 Å². The predicted octanol–water partition coefficient (Wildman–Crippen LogP) is 4.27. The maximum Gasteiger partial charge on any atom is 0.338 e. The molecule has 1 saturated carbocycles. The van der Waals surface area contributed by atoms with Gasteiger partial charge in [-0.1, -0.05) is 37.5 Å². The lowest BCUT2D eigenvalue weighted by Crippen LogP contribution is -2.33. The summed E-state index contributed by atoms with van der Waals surface area (Å²) in [5.41, 5.74) is 0.527. The van der Waals surface area contributed by atoms with Crippen molar-refractivity contribution in [2.45, 2.75) is 82.7 Å². The molecule has 1 aromatic carbocycles. The molecule has 184 valence electrons. The van der Waals surface area contributed by atoms with Crippen LogP contribution >= 0.6 is 0 Å². The molecule has 1 unspecified atom stereocenters. The van der Waals surface area contributed by atoms with Crippen molar-refractivity contribution < 1.29 is 33.6 Å². The molecule has 1 saturated heterocycles. The lowest BCUT2D eigenvalue weighted by Gasteiger charge is -2.29. The lowest BCUT2D eigenvalue weighted by atomic mass is 9.89. The van der Waals surface area contributed by atoms with Gasteiger partial charge in [0.25, 0.3) is 0 Å². The molecule has 0 aromatic heterocycles. The molecular formula is C26H38O7. The first-order chi connectivity index (χ1) is 16.1. The number of unbranched alkanes of at least 4 members (excludes halogenated alkanes) is 3. The van der Waals surface area contributed by atoms with Crippen LogP contribution < -0.4 is 0 Å². The molecule has 2 aliphatic rings. The zero-order valence-electron chi connectivity index (χ0n) is 19.7. The Morgan fingerprint density at radius 1 is 1.03 bits per heavy atom. The summed E-state index contributed by atoms with van der Waals surface area (Å²) < 4.78 is 22.7. The highest BCUT2D eigenvalue weighted by Crippen LogP contribution is 2.41. The van der Waals surface area contributed by atoms with Crippen molar-refractivity contribution in [3.05, 3.63) is 35.9 Å². The average Bonchev–Trinajstić information content (AvgIpc) is 3.17. The van der Waals surface area contributed by atoms with Gasteiger partial charge in [-0.25, -0.2) is 4.79 Å². The first-order valence-electron chi connectivity index (χ1n) is 12.3. The van der Waals surface area contributed by atoms with Crippen LogP contribution in [0.1, 0.15) is 74.6 Å². The van der Waals surface area contributed by atoms with Crippen LogP contribution in [-0.4, -0.2) is 55.9 Å².